The zero-order chi connectivity index (χ0) is 20.4. The predicted molar refractivity (Wildman–Crippen MR) is 106 cm³/mol. The maximum Gasteiger partial charge on any atom is 0.356 e. The van der Waals surface area contributed by atoms with E-state index in [1.54, 1.807) is 25.0 Å². The summed E-state index contributed by atoms with van der Waals surface area (Å²) in [7, 11) is 1.56. The van der Waals surface area contributed by atoms with Crippen LogP contribution in [0.3, 0.4) is 0 Å². The van der Waals surface area contributed by atoms with Crippen molar-refractivity contribution in [3.8, 4) is 5.75 Å². The number of aromatic amines is 1. The first-order valence-electron chi connectivity index (χ1n) is 8.63. The summed E-state index contributed by atoms with van der Waals surface area (Å²) >= 11 is 12.4. The van der Waals surface area contributed by atoms with E-state index in [1.165, 1.54) is 0 Å². The number of H-pyrrole nitrogens is 1. The number of hydrogen-bond donors (Lipinski definition) is 2. The van der Waals surface area contributed by atoms with Crippen molar-refractivity contribution in [2.75, 3.05) is 38.2 Å². The molecule has 1 atom stereocenters. The molecule has 1 aromatic carbocycles. The molecule has 2 heterocycles. The van der Waals surface area contributed by atoms with E-state index in [-0.39, 0.29) is 17.2 Å². The van der Waals surface area contributed by atoms with E-state index in [9.17, 15) is 14.7 Å². The number of carboxylic acids is 1. The van der Waals surface area contributed by atoms with E-state index in [1.807, 2.05) is 12.1 Å². The topological polar surface area (TPSA) is 98.8 Å². The number of methoxy groups -OCH3 is 1. The van der Waals surface area contributed by atoms with Gasteiger partial charge in [-0.25, -0.2) is 4.79 Å². The molecule has 2 N–H and O–H groups in total. The lowest BCUT2D eigenvalue weighted by Crippen LogP contribution is -2.49. The van der Waals surface area contributed by atoms with Gasteiger partial charge in [-0.15, -0.1) is 11.6 Å². The second kappa shape index (κ2) is 8.28. The Labute approximate surface area is 172 Å². The number of halogens is 2. The van der Waals surface area contributed by atoms with Crippen LogP contribution in [0.1, 0.15) is 27.1 Å². The summed E-state index contributed by atoms with van der Waals surface area (Å²) in [6, 6.07) is 5.54. The number of aromatic nitrogens is 2. The first-order chi connectivity index (χ1) is 13.3. The van der Waals surface area contributed by atoms with Gasteiger partial charge in [-0.2, -0.15) is 5.10 Å². The molecule has 1 aliphatic rings. The summed E-state index contributed by atoms with van der Waals surface area (Å²) in [4.78, 5) is 27.9. The second-order valence-electron chi connectivity index (χ2n) is 6.41. The number of ether oxygens (including phenoxy) is 1. The number of benzene rings is 1. The number of amides is 1. The SMILES string of the molecule is COc1cc(N2CCN(C(=O)C(Cl)c3c(C(=O)O)n[nH]c3C)CC2)ccc1Cl. The van der Waals surface area contributed by atoms with E-state index < -0.39 is 11.3 Å². The first-order valence-corrected chi connectivity index (χ1v) is 9.44. The summed E-state index contributed by atoms with van der Waals surface area (Å²) in [5, 5.41) is 15.0. The minimum atomic E-state index is -1.22. The van der Waals surface area contributed by atoms with Gasteiger partial charge in [0.2, 0.25) is 5.91 Å². The fourth-order valence-corrected chi connectivity index (χ4v) is 3.82. The van der Waals surface area contributed by atoms with Gasteiger partial charge in [-0.05, 0) is 19.1 Å². The Hall–Kier alpha value is -2.45. The quantitative estimate of drug-likeness (QED) is 0.713. The molecule has 1 amide bonds. The van der Waals surface area contributed by atoms with Crippen molar-refractivity contribution in [1.82, 2.24) is 15.1 Å². The number of aryl methyl sites for hydroxylation is 1. The number of piperazine rings is 1. The number of aromatic carboxylic acids is 1. The summed E-state index contributed by atoms with van der Waals surface area (Å²) in [5.74, 6) is -0.962. The van der Waals surface area contributed by atoms with Gasteiger partial charge in [-0.3, -0.25) is 9.89 Å². The standard InChI is InChI=1S/C18H20Cl2N4O4/c1-10-14(16(18(26)27)22-21-10)15(20)17(25)24-7-5-23(6-8-24)11-3-4-12(19)13(9-11)28-2/h3-4,9,15H,5-8H2,1-2H3,(H,21,22)(H,26,27). The Morgan fingerprint density at radius 3 is 2.57 bits per heavy atom. The average Bonchev–Trinajstić information content (AvgIpc) is 3.09. The van der Waals surface area contributed by atoms with Crippen molar-refractivity contribution in [3.63, 3.8) is 0 Å². The van der Waals surface area contributed by atoms with Crippen molar-refractivity contribution in [3.05, 3.63) is 40.2 Å². The molecule has 10 heteroatoms. The third-order valence-corrected chi connectivity index (χ3v) is 5.48. The highest BCUT2D eigenvalue weighted by molar-refractivity contribution is 6.32. The molecule has 0 radical (unpaired) electrons. The smallest absolute Gasteiger partial charge is 0.356 e. The van der Waals surface area contributed by atoms with Crippen LogP contribution in [0.4, 0.5) is 5.69 Å². The van der Waals surface area contributed by atoms with Gasteiger partial charge in [0, 0.05) is 49.2 Å². The first kappa shape index (κ1) is 20.3. The van der Waals surface area contributed by atoms with E-state index in [0.29, 0.717) is 42.6 Å². The molecular weight excluding hydrogens is 407 g/mol. The Kier molecular flexibility index (Phi) is 6.00. The highest BCUT2D eigenvalue weighted by atomic mass is 35.5. The average molecular weight is 427 g/mol. The fraction of sp³-hybridized carbons (Fsp3) is 0.389. The largest absolute Gasteiger partial charge is 0.495 e. The van der Waals surface area contributed by atoms with Crippen LogP contribution in [0.5, 0.6) is 5.75 Å². The number of carbonyl (C=O) groups is 2. The second-order valence-corrected chi connectivity index (χ2v) is 7.25. The molecule has 8 nitrogen and oxygen atoms in total. The number of nitrogens with one attached hydrogen (secondary N) is 1. The Morgan fingerprint density at radius 1 is 1.29 bits per heavy atom. The van der Waals surface area contributed by atoms with Crippen molar-refractivity contribution in [2.24, 2.45) is 0 Å². The molecule has 1 unspecified atom stereocenters. The van der Waals surface area contributed by atoms with Gasteiger partial charge in [0.1, 0.15) is 11.1 Å². The molecule has 3 rings (SSSR count). The van der Waals surface area contributed by atoms with E-state index in [4.69, 9.17) is 27.9 Å². The number of carboxylic acid groups (broad SMARTS) is 1. The molecule has 0 saturated carbocycles. The van der Waals surface area contributed by atoms with E-state index >= 15 is 0 Å². The molecular formula is C18H20Cl2N4O4. The number of hydrogen-bond acceptors (Lipinski definition) is 5. The minimum absolute atomic E-state index is 0.212. The van der Waals surface area contributed by atoms with Crippen LogP contribution in [0.15, 0.2) is 18.2 Å². The van der Waals surface area contributed by atoms with Crippen LogP contribution >= 0.6 is 23.2 Å². The predicted octanol–water partition coefficient (Wildman–Crippen LogP) is 2.71. The number of carbonyl (C=O) groups excluding carboxylic acids is 1. The summed E-state index contributed by atoms with van der Waals surface area (Å²) in [6.07, 6.45) is 0. The van der Waals surface area contributed by atoms with Gasteiger partial charge in [0.25, 0.3) is 0 Å². The third kappa shape index (κ3) is 3.88. The van der Waals surface area contributed by atoms with Gasteiger partial charge in [0.15, 0.2) is 5.69 Å². The lowest BCUT2D eigenvalue weighted by molar-refractivity contribution is -0.131. The Balaban J connectivity index is 1.69. The highest BCUT2D eigenvalue weighted by Gasteiger charge is 2.32. The fourth-order valence-electron chi connectivity index (χ4n) is 3.22. The van der Waals surface area contributed by atoms with Crippen LogP contribution in [0.2, 0.25) is 5.02 Å². The Bertz CT molecular complexity index is 894. The number of nitrogens with zero attached hydrogens (tertiary/aromatic N) is 3. The lowest BCUT2D eigenvalue weighted by atomic mass is 10.1. The van der Waals surface area contributed by atoms with Crippen molar-refractivity contribution in [2.45, 2.75) is 12.3 Å². The van der Waals surface area contributed by atoms with Crippen LogP contribution in [-0.2, 0) is 4.79 Å². The normalized spacial score (nSPS) is 15.4. The molecule has 2 aromatic rings. The Morgan fingerprint density at radius 2 is 1.96 bits per heavy atom. The van der Waals surface area contributed by atoms with Crippen LogP contribution < -0.4 is 9.64 Å². The summed E-state index contributed by atoms with van der Waals surface area (Å²) in [5.41, 5.74) is 1.41. The maximum atomic E-state index is 12.8. The molecule has 1 fully saturated rings. The molecule has 28 heavy (non-hydrogen) atoms. The summed E-state index contributed by atoms with van der Waals surface area (Å²) < 4.78 is 5.25. The number of anilines is 1. The molecule has 1 aromatic heterocycles. The highest BCUT2D eigenvalue weighted by Crippen LogP contribution is 2.31. The van der Waals surface area contributed by atoms with Crippen LogP contribution in [0.25, 0.3) is 0 Å². The van der Waals surface area contributed by atoms with Crippen molar-refractivity contribution in [1.29, 1.82) is 0 Å². The molecule has 0 bridgehead atoms. The molecule has 1 saturated heterocycles. The monoisotopic (exact) mass is 426 g/mol. The zero-order valence-electron chi connectivity index (χ0n) is 15.4. The number of alkyl halides is 1. The van der Waals surface area contributed by atoms with E-state index in [0.717, 1.165) is 5.69 Å². The van der Waals surface area contributed by atoms with Gasteiger partial charge in [-0.1, -0.05) is 11.6 Å². The van der Waals surface area contributed by atoms with Gasteiger partial charge in [0.05, 0.1) is 12.1 Å². The molecule has 0 aliphatic carbocycles. The van der Waals surface area contributed by atoms with Gasteiger partial charge >= 0.3 is 5.97 Å². The lowest BCUT2D eigenvalue weighted by Gasteiger charge is -2.37. The number of rotatable bonds is 5. The minimum Gasteiger partial charge on any atom is -0.495 e. The van der Waals surface area contributed by atoms with E-state index in [2.05, 4.69) is 15.1 Å². The van der Waals surface area contributed by atoms with Crippen molar-refractivity contribution < 1.29 is 19.4 Å². The van der Waals surface area contributed by atoms with Crippen LogP contribution in [0, 0.1) is 6.92 Å². The molecule has 1 aliphatic heterocycles. The maximum absolute atomic E-state index is 12.8. The van der Waals surface area contributed by atoms with Crippen LogP contribution in [-0.4, -0.2) is 65.4 Å². The zero-order valence-corrected chi connectivity index (χ0v) is 16.9. The van der Waals surface area contributed by atoms with Crippen molar-refractivity contribution >= 4 is 40.8 Å². The third-order valence-electron chi connectivity index (χ3n) is 4.76. The molecule has 0 spiro atoms. The van der Waals surface area contributed by atoms with Gasteiger partial charge < -0.3 is 19.6 Å². The molecule has 150 valence electrons. The summed E-state index contributed by atoms with van der Waals surface area (Å²) in [6.45, 7) is 3.79.